The molecule has 1 aromatic heterocycles. The number of carbonyl (C=O) groups is 1. The topological polar surface area (TPSA) is 62.5 Å². The summed E-state index contributed by atoms with van der Waals surface area (Å²) in [5.74, 6) is 2.31. The molecule has 2 atom stereocenters. The van der Waals surface area contributed by atoms with Crippen molar-refractivity contribution >= 4 is 5.91 Å². The Morgan fingerprint density at radius 3 is 2.74 bits per heavy atom. The summed E-state index contributed by atoms with van der Waals surface area (Å²) in [7, 11) is 0. The molecule has 0 saturated carbocycles. The second-order valence-corrected chi connectivity index (χ2v) is 8.28. The number of piperidine rings is 1. The van der Waals surface area contributed by atoms with Crippen LogP contribution in [0.5, 0.6) is 0 Å². The summed E-state index contributed by atoms with van der Waals surface area (Å²) in [6.07, 6.45) is 2.86. The van der Waals surface area contributed by atoms with Gasteiger partial charge >= 0.3 is 0 Å². The van der Waals surface area contributed by atoms with Crippen LogP contribution in [0.15, 0.2) is 34.9 Å². The van der Waals surface area contributed by atoms with Crippen molar-refractivity contribution in [2.24, 2.45) is 11.8 Å². The molecule has 0 radical (unpaired) electrons. The van der Waals surface area contributed by atoms with Crippen LogP contribution in [0.4, 0.5) is 0 Å². The maximum Gasteiger partial charge on any atom is 0.227 e. The lowest BCUT2D eigenvalue weighted by Crippen LogP contribution is -2.47. The van der Waals surface area contributed by atoms with Crippen molar-refractivity contribution in [3.8, 4) is 0 Å². The fourth-order valence-corrected chi connectivity index (χ4v) is 4.23. The van der Waals surface area contributed by atoms with Crippen molar-refractivity contribution in [3.63, 3.8) is 0 Å². The molecular formula is C21H28N4O2. The molecule has 27 heavy (non-hydrogen) atoms. The predicted octanol–water partition coefficient (Wildman–Crippen LogP) is 2.89. The van der Waals surface area contributed by atoms with E-state index in [2.05, 4.69) is 45.9 Å². The number of hydrogen-bond acceptors (Lipinski definition) is 5. The number of aromatic nitrogens is 2. The third kappa shape index (κ3) is 4.21. The number of benzene rings is 1. The first-order valence-electron chi connectivity index (χ1n) is 9.96. The fraction of sp³-hybridized carbons (Fsp3) is 0.571. The van der Waals surface area contributed by atoms with E-state index in [1.165, 1.54) is 5.56 Å². The Morgan fingerprint density at radius 1 is 1.15 bits per heavy atom. The van der Waals surface area contributed by atoms with Crippen molar-refractivity contribution in [1.82, 2.24) is 19.9 Å². The second kappa shape index (κ2) is 7.80. The summed E-state index contributed by atoms with van der Waals surface area (Å²) in [5.41, 5.74) is 1.20. The summed E-state index contributed by atoms with van der Waals surface area (Å²) in [4.78, 5) is 21.9. The molecule has 3 fully saturated rings. The quantitative estimate of drug-likeness (QED) is 0.784. The van der Waals surface area contributed by atoms with E-state index in [0.29, 0.717) is 30.8 Å². The van der Waals surface area contributed by atoms with Gasteiger partial charge in [0.1, 0.15) is 0 Å². The Labute approximate surface area is 160 Å². The largest absolute Gasteiger partial charge is 0.339 e. The highest BCUT2D eigenvalue weighted by molar-refractivity contribution is 5.80. The van der Waals surface area contributed by atoms with E-state index in [0.717, 1.165) is 38.2 Å². The van der Waals surface area contributed by atoms with Gasteiger partial charge in [-0.25, -0.2) is 0 Å². The molecule has 6 nitrogen and oxygen atoms in total. The van der Waals surface area contributed by atoms with E-state index < -0.39 is 0 Å². The highest BCUT2D eigenvalue weighted by Gasteiger charge is 2.40. The van der Waals surface area contributed by atoms with Crippen LogP contribution in [-0.4, -0.2) is 45.0 Å². The van der Waals surface area contributed by atoms with Gasteiger partial charge in [-0.1, -0.05) is 49.3 Å². The fourth-order valence-electron chi connectivity index (χ4n) is 4.23. The van der Waals surface area contributed by atoms with Crippen LogP contribution >= 0.6 is 0 Å². The summed E-state index contributed by atoms with van der Waals surface area (Å²) in [6, 6.07) is 10.5. The van der Waals surface area contributed by atoms with Crippen LogP contribution < -0.4 is 0 Å². The minimum absolute atomic E-state index is 0.0782. The molecular weight excluding hydrogens is 340 g/mol. The van der Waals surface area contributed by atoms with Gasteiger partial charge in [-0.15, -0.1) is 0 Å². The number of amides is 1. The van der Waals surface area contributed by atoms with Crippen molar-refractivity contribution < 1.29 is 9.32 Å². The first-order valence-corrected chi connectivity index (χ1v) is 9.96. The SMILES string of the molecule is CC(C)Cc1nc(CN2CC3CCC(C2)N(Cc2ccccc2)C3=O)no1. The molecule has 2 unspecified atom stereocenters. The molecule has 0 N–H and O–H groups in total. The van der Waals surface area contributed by atoms with E-state index in [4.69, 9.17) is 4.52 Å². The van der Waals surface area contributed by atoms with Gasteiger partial charge < -0.3 is 9.42 Å². The van der Waals surface area contributed by atoms with Gasteiger partial charge in [0.15, 0.2) is 5.82 Å². The number of nitrogens with zero attached hydrogens (tertiary/aromatic N) is 4. The molecule has 0 spiro atoms. The lowest BCUT2D eigenvalue weighted by molar-refractivity contribution is -0.140. The summed E-state index contributed by atoms with van der Waals surface area (Å²) >= 11 is 0. The van der Waals surface area contributed by atoms with Gasteiger partial charge in [-0.3, -0.25) is 9.69 Å². The molecule has 5 rings (SSSR count). The Kier molecular flexibility index (Phi) is 5.25. The zero-order chi connectivity index (χ0) is 18.8. The maximum atomic E-state index is 13.0. The molecule has 1 amide bonds. The molecule has 2 aromatic rings. The highest BCUT2D eigenvalue weighted by atomic mass is 16.5. The minimum Gasteiger partial charge on any atom is -0.339 e. The summed E-state index contributed by atoms with van der Waals surface area (Å²) in [5, 5.41) is 4.14. The van der Waals surface area contributed by atoms with E-state index in [1.54, 1.807) is 0 Å². The molecule has 3 aliphatic rings. The molecule has 4 heterocycles. The van der Waals surface area contributed by atoms with E-state index in [9.17, 15) is 4.79 Å². The van der Waals surface area contributed by atoms with E-state index in [-0.39, 0.29) is 12.0 Å². The van der Waals surface area contributed by atoms with Crippen molar-refractivity contribution in [3.05, 3.63) is 47.6 Å². The molecule has 2 bridgehead atoms. The van der Waals surface area contributed by atoms with Gasteiger partial charge in [0.25, 0.3) is 0 Å². The Hall–Kier alpha value is -2.21. The lowest BCUT2D eigenvalue weighted by atomic mass is 9.93. The van der Waals surface area contributed by atoms with Crippen LogP contribution in [0, 0.1) is 11.8 Å². The number of fused-ring (bicyclic) bond motifs is 4. The Morgan fingerprint density at radius 2 is 1.96 bits per heavy atom. The number of hydrogen-bond donors (Lipinski definition) is 0. The molecule has 6 heteroatoms. The standard InChI is InChI=1S/C21H28N4O2/c1-15(2)10-20-22-19(23-27-20)14-24-12-17-8-9-18(13-24)25(21(17)26)11-16-6-4-3-5-7-16/h3-7,15,17-18H,8-14H2,1-2H3. The monoisotopic (exact) mass is 368 g/mol. The van der Waals surface area contributed by atoms with Gasteiger partial charge in [0.05, 0.1) is 12.5 Å². The molecule has 3 aliphatic heterocycles. The van der Waals surface area contributed by atoms with E-state index in [1.807, 2.05) is 18.2 Å². The van der Waals surface area contributed by atoms with Gasteiger partial charge in [-0.05, 0) is 24.3 Å². The first kappa shape index (κ1) is 18.2. The first-order chi connectivity index (χ1) is 13.1. The van der Waals surface area contributed by atoms with Crippen LogP contribution in [0.25, 0.3) is 0 Å². The maximum absolute atomic E-state index is 13.0. The zero-order valence-corrected chi connectivity index (χ0v) is 16.2. The zero-order valence-electron chi connectivity index (χ0n) is 16.2. The summed E-state index contributed by atoms with van der Waals surface area (Å²) < 4.78 is 5.37. The average molecular weight is 368 g/mol. The molecule has 1 aromatic carbocycles. The second-order valence-electron chi connectivity index (χ2n) is 8.28. The van der Waals surface area contributed by atoms with Crippen molar-refractivity contribution in [2.45, 2.75) is 52.2 Å². The number of carbonyl (C=O) groups excluding carboxylic acids is 1. The smallest absolute Gasteiger partial charge is 0.227 e. The lowest BCUT2D eigenvalue weighted by Gasteiger charge is -2.36. The highest BCUT2D eigenvalue weighted by Crippen LogP contribution is 2.31. The molecule has 3 saturated heterocycles. The van der Waals surface area contributed by atoms with Crippen LogP contribution in [-0.2, 0) is 24.3 Å². The Balaban J connectivity index is 1.44. The van der Waals surface area contributed by atoms with Gasteiger partial charge in [-0.2, -0.15) is 4.98 Å². The van der Waals surface area contributed by atoms with Crippen molar-refractivity contribution in [1.29, 1.82) is 0 Å². The van der Waals surface area contributed by atoms with Crippen LogP contribution in [0.1, 0.15) is 44.0 Å². The van der Waals surface area contributed by atoms with Gasteiger partial charge in [0, 0.05) is 32.1 Å². The normalized spacial score (nSPS) is 23.2. The number of rotatable bonds is 6. The molecule has 0 aliphatic carbocycles. The third-order valence-electron chi connectivity index (χ3n) is 5.52. The predicted molar refractivity (Wildman–Crippen MR) is 102 cm³/mol. The third-order valence-corrected chi connectivity index (χ3v) is 5.52. The Bertz CT molecular complexity index is 773. The van der Waals surface area contributed by atoms with Crippen LogP contribution in [0.3, 0.4) is 0 Å². The van der Waals surface area contributed by atoms with Crippen LogP contribution in [0.2, 0.25) is 0 Å². The van der Waals surface area contributed by atoms with Gasteiger partial charge in [0.2, 0.25) is 11.8 Å². The summed E-state index contributed by atoms with van der Waals surface area (Å²) in [6.45, 7) is 7.31. The molecule has 144 valence electrons. The van der Waals surface area contributed by atoms with E-state index >= 15 is 0 Å². The van der Waals surface area contributed by atoms with Crippen molar-refractivity contribution in [2.75, 3.05) is 13.1 Å². The minimum atomic E-state index is 0.0782. The average Bonchev–Trinajstić information content (AvgIpc) is 2.90.